The van der Waals surface area contributed by atoms with Gasteiger partial charge in [-0.1, -0.05) is 20.8 Å². The van der Waals surface area contributed by atoms with Crippen molar-refractivity contribution < 1.29 is 9.53 Å². The molecule has 0 rings (SSSR count). The van der Waals surface area contributed by atoms with E-state index in [0.717, 1.165) is 6.42 Å². The summed E-state index contributed by atoms with van der Waals surface area (Å²) >= 11 is 0. The Morgan fingerprint density at radius 1 is 1.46 bits per heavy atom. The summed E-state index contributed by atoms with van der Waals surface area (Å²) in [7, 11) is 1.65. The van der Waals surface area contributed by atoms with E-state index in [9.17, 15) is 4.79 Å². The molecule has 0 spiro atoms. The number of methoxy groups -OCH3 is 1. The average Bonchev–Trinajstić information content (AvgIpc) is 2.01. The minimum Gasteiger partial charge on any atom is -0.385 e. The predicted octanol–water partition coefficient (Wildman–Crippen LogP) is 1.36. The molecular formula is C10H21NO2. The molecule has 78 valence electrons. The van der Waals surface area contributed by atoms with Gasteiger partial charge in [-0.3, -0.25) is 4.79 Å². The smallest absolute Gasteiger partial charge is 0.154 e. The second kappa shape index (κ2) is 5.35. The van der Waals surface area contributed by atoms with Gasteiger partial charge in [0.1, 0.15) is 0 Å². The minimum absolute atomic E-state index is 0.128. The van der Waals surface area contributed by atoms with Crippen molar-refractivity contribution in [3.8, 4) is 0 Å². The second-order valence-corrected chi connectivity index (χ2v) is 4.36. The van der Waals surface area contributed by atoms with E-state index < -0.39 is 0 Å². The first kappa shape index (κ1) is 12.6. The molecule has 0 bridgehead atoms. The minimum atomic E-state index is -0.338. The van der Waals surface area contributed by atoms with Gasteiger partial charge in [-0.2, -0.15) is 0 Å². The maximum absolute atomic E-state index is 11.6. The monoisotopic (exact) mass is 187 g/mol. The first-order valence-electron chi connectivity index (χ1n) is 4.68. The fourth-order valence-corrected chi connectivity index (χ4v) is 1.13. The largest absolute Gasteiger partial charge is 0.385 e. The van der Waals surface area contributed by atoms with Gasteiger partial charge in [0.05, 0.1) is 6.04 Å². The molecule has 0 aromatic rings. The van der Waals surface area contributed by atoms with Crippen LogP contribution in [0, 0.1) is 5.41 Å². The fourth-order valence-electron chi connectivity index (χ4n) is 1.13. The predicted molar refractivity (Wildman–Crippen MR) is 53.5 cm³/mol. The highest BCUT2D eigenvalue weighted by molar-refractivity contribution is 5.88. The maximum atomic E-state index is 11.6. The van der Waals surface area contributed by atoms with Crippen molar-refractivity contribution >= 4 is 5.78 Å². The van der Waals surface area contributed by atoms with Gasteiger partial charge in [-0.15, -0.1) is 0 Å². The van der Waals surface area contributed by atoms with Gasteiger partial charge in [0.15, 0.2) is 5.78 Å². The summed E-state index contributed by atoms with van der Waals surface area (Å²) in [5.74, 6) is 0.128. The molecule has 0 radical (unpaired) electrons. The second-order valence-electron chi connectivity index (χ2n) is 4.36. The van der Waals surface area contributed by atoms with Crippen LogP contribution in [0.3, 0.4) is 0 Å². The van der Waals surface area contributed by atoms with Crippen LogP contribution in [0.25, 0.3) is 0 Å². The zero-order valence-electron chi connectivity index (χ0n) is 9.09. The highest BCUT2D eigenvalue weighted by Gasteiger charge is 2.26. The van der Waals surface area contributed by atoms with E-state index in [1.807, 2.05) is 20.8 Å². The normalized spacial score (nSPS) is 14.2. The number of ether oxygens (including phenoxy) is 1. The van der Waals surface area contributed by atoms with E-state index in [-0.39, 0.29) is 17.2 Å². The molecule has 0 heterocycles. The highest BCUT2D eigenvalue weighted by atomic mass is 16.5. The standard InChI is InChI=1S/C10H21NO2/c1-10(2,3)9(12)8(11)6-5-7-13-4/h8H,5-7,11H2,1-4H3. The Bertz CT molecular complexity index is 161. The summed E-state index contributed by atoms with van der Waals surface area (Å²) in [5, 5.41) is 0. The molecule has 3 nitrogen and oxygen atoms in total. The van der Waals surface area contributed by atoms with Crippen molar-refractivity contribution in [1.82, 2.24) is 0 Å². The first-order valence-corrected chi connectivity index (χ1v) is 4.68. The Kier molecular flexibility index (Phi) is 5.18. The van der Waals surface area contributed by atoms with Crippen LogP contribution in [0.2, 0.25) is 0 Å². The van der Waals surface area contributed by atoms with Crippen molar-refractivity contribution in [1.29, 1.82) is 0 Å². The van der Waals surface area contributed by atoms with Crippen molar-refractivity contribution in [3.05, 3.63) is 0 Å². The molecule has 0 aliphatic rings. The molecule has 1 unspecified atom stereocenters. The molecule has 2 N–H and O–H groups in total. The Morgan fingerprint density at radius 2 is 2.00 bits per heavy atom. The highest BCUT2D eigenvalue weighted by Crippen LogP contribution is 2.17. The van der Waals surface area contributed by atoms with Crippen LogP contribution < -0.4 is 5.73 Å². The lowest BCUT2D eigenvalue weighted by Crippen LogP contribution is -2.38. The SMILES string of the molecule is COCCCC(N)C(=O)C(C)(C)C. The molecule has 0 aliphatic heterocycles. The van der Waals surface area contributed by atoms with Gasteiger partial charge in [0.2, 0.25) is 0 Å². The third kappa shape index (κ3) is 5.01. The maximum Gasteiger partial charge on any atom is 0.154 e. The average molecular weight is 187 g/mol. The molecule has 1 atom stereocenters. The van der Waals surface area contributed by atoms with Crippen molar-refractivity contribution in [2.75, 3.05) is 13.7 Å². The number of nitrogens with two attached hydrogens (primary N) is 1. The molecule has 0 aromatic carbocycles. The summed E-state index contributed by atoms with van der Waals surface area (Å²) in [6, 6.07) is -0.338. The van der Waals surface area contributed by atoms with Crippen LogP contribution in [0.15, 0.2) is 0 Å². The van der Waals surface area contributed by atoms with Gasteiger partial charge < -0.3 is 10.5 Å². The number of carbonyl (C=O) groups excluding carboxylic acids is 1. The van der Waals surface area contributed by atoms with Crippen molar-refractivity contribution in [3.63, 3.8) is 0 Å². The van der Waals surface area contributed by atoms with Gasteiger partial charge in [0.25, 0.3) is 0 Å². The molecule has 13 heavy (non-hydrogen) atoms. The quantitative estimate of drug-likeness (QED) is 0.661. The molecule has 0 fully saturated rings. The van der Waals surface area contributed by atoms with Crippen LogP contribution in [-0.2, 0) is 9.53 Å². The number of Topliss-reactive ketones (excluding diaryl/α,β-unsaturated/α-hetero) is 1. The summed E-state index contributed by atoms with van der Waals surface area (Å²) in [4.78, 5) is 11.6. The number of hydrogen-bond donors (Lipinski definition) is 1. The zero-order valence-corrected chi connectivity index (χ0v) is 9.09. The van der Waals surface area contributed by atoms with E-state index in [4.69, 9.17) is 10.5 Å². The summed E-state index contributed by atoms with van der Waals surface area (Å²) in [6.45, 7) is 6.35. The summed E-state index contributed by atoms with van der Waals surface area (Å²) < 4.78 is 4.89. The van der Waals surface area contributed by atoms with Gasteiger partial charge >= 0.3 is 0 Å². The number of ketones is 1. The van der Waals surface area contributed by atoms with E-state index in [2.05, 4.69) is 0 Å². The lowest BCUT2D eigenvalue weighted by Gasteiger charge is -2.21. The molecule has 0 saturated carbocycles. The van der Waals surface area contributed by atoms with E-state index >= 15 is 0 Å². The summed E-state index contributed by atoms with van der Waals surface area (Å²) in [6.07, 6.45) is 1.56. The van der Waals surface area contributed by atoms with Crippen LogP contribution >= 0.6 is 0 Å². The summed E-state index contributed by atoms with van der Waals surface area (Å²) in [5.41, 5.74) is 5.41. The molecule has 0 saturated heterocycles. The Balaban J connectivity index is 3.84. The number of rotatable bonds is 5. The Morgan fingerprint density at radius 3 is 2.38 bits per heavy atom. The van der Waals surface area contributed by atoms with E-state index in [1.165, 1.54) is 0 Å². The zero-order chi connectivity index (χ0) is 10.5. The topological polar surface area (TPSA) is 52.3 Å². The molecule has 0 aliphatic carbocycles. The van der Waals surface area contributed by atoms with Crippen LogP contribution in [0.1, 0.15) is 33.6 Å². The number of hydrogen-bond acceptors (Lipinski definition) is 3. The van der Waals surface area contributed by atoms with E-state index in [0.29, 0.717) is 13.0 Å². The molecule has 0 amide bonds. The Hall–Kier alpha value is -0.410. The third-order valence-electron chi connectivity index (χ3n) is 1.94. The molecule has 0 aromatic heterocycles. The van der Waals surface area contributed by atoms with Gasteiger partial charge in [-0.05, 0) is 12.8 Å². The molecular weight excluding hydrogens is 166 g/mol. The van der Waals surface area contributed by atoms with Crippen LogP contribution in [0.5, 0.6) is 0 Å². The van der Waals surface area contributed by atoms with Gasteiger partial charge in [-0.25, -0.2) is 0 Å². The van der Waals surface area contributed by atoms with Crippen LogP contribution in [0.4, 0.5) is 0 Å². The van der Waals surface area contributed by atoms with E-state index in [1.54, 1.807) is 7.11 Å². The molecule has 3 heteroatoms. The van der Waals surface area contributed by atoms with Gasteiger partial charge in [0, 0.05) is 19.1 Å². The Labute approximate surface area is 80.6 Å². The fraction of sp³-hybridized carbons (Fsp3) is 0.900. The first-order chi connectivity index (χ1) is 5.89. The lowest BCUT2D eigenvalue weighted by atomic mass is 9.85. The lowest BCUT2D eigenvalue weighted by molar-refractivity contribution is -0.127. The number of carbonyl (C=O) groups is 1. The van der Waals surface area contributed by atoms with Crippen molar-refractivity contribution in [2.45, 2.75) is 39.7 Å². The van der Waals surface area contributed by atoms with Crippen molar-refractivity contribution in [2.24, 2.45) is 11.1 Å². The van der Waals surface area contributed by atoms with Crippen LogP contribution in [-0.4, -0.2) is 25.5 Å². The third-order valence-corrected chi connectivity index (χ3v) is 1.94.